The molecule has 0 aromatic carbocycles. The lowest BCUT2D eigenvalue weighted by Crippen LogP contribution is -1.99. The first-order valence-electron chi connectivity index (χ1n) is 5.67. The summed E-state index contributed by atoms with van der Waals surface area (Å²) in [4.78, 5) is 10.6. The minimum Gasteiger partial charge on any atom is -0.303 e. The molecule has 0 radical (unpaired) electrons. The highest BCUT2D eigenvalue weighted by atomic mass is 16.1. The van der Waals surface area contributed by atoms with Crippen LogP contribution in [0.5, 0.6) is 0 Å². The Bertz CT molecular complexity index is 203. The van der Waals surface area contributed by atoms with Gasteiger partial charge in [-0.3, -0.25) is 0 Å². The maximum Gasteiger partial charge on any atom is 0.123 e. The van der Waals surface area contributed by atoms with Crippen LogP contribution in [0.2, 0.25) is 0 Å². The summed E-state index contributed by atoms with van der Waals surface area (Å²) in [6.45, 7) is 7.32. The predicted octanol–water partition coefficient (Wildman–Crippen LogP) is 4.07. The van der Waals surface area contributed by atoms with Crippen molar-refractivity contribution in [3.63, 3.8) is 0 Å². The number of rotatable bonds is 10. The zero-order valence-corrected chi connectivity index (χ0v) is 9.53. The lowest BCUT2D eigenvalue weighted by molar-refractivity contribution is -0.111. The number of hydrogen-bond donors (Lipinski definition) is 0. The molecule has 84 valence electrons. The van der Waals surface area contributed by atoms with E-state index in [4.69, 9.17) is 0 Å². The molecule has 0 aliphatic carbocycles. The molecular weight excluding hydrogens is 184 g/mol. The fourth-order valence-electron chi connectivity index (χ4n) is 1.38. The van der Waals surface area contributed by atoms with E-state index in [1.165, 1.54) is 6.42 Å². The van der Waals surface area contributed by atoms with Gasteiger partial charge in [0.05, 0.1) is 0 Å². The van der Waals surface area contributed by atoms with Crippen molar-refractivity contribution in [2.75, 3.05) is 0 Å². The largest absolute Gasteiger partial charge is 0.303 e. The topological polar surface area (TPSA) is 17.1 Å². The SMILES string of the molecule is C=CCCCC=CCCC(C=O)CC=C. The zero-order valence-electron chi connectivity index (χ0n) is 9.53. The first-order chi connectivity index (χ1) is 7.35. The lowest BCUT2D eigenvalue weighted by Gasteiger charge is -2.03. The number of unbranched alkanes of at least 4 members (excludes halogenated alkanes) is 2. The number of aldehydes is 1. The van der Waals surface area contributed by atoms with Crippen LogP contribution < -0.4 is 0 Å². The summed E-state index contributed by atoms with van der Waals surface area (Å²) in [6, 6.07) is 0. The van der Waals surface area contributed by atoms with Gasteiger partial charge in [-0.2, -0.15) is 0 Å². The molecule has 0 saturated carbocycles. The average molecular weight is 206 g/mol. The Morgan fingerprint density at radius 1 is 1.00 bits per heavy atom. The van der Waals surface area contributed by atoms with Crippen LogP contribution in [0.15, 0.2) is 37.5 Å². The standard InChI is InChI=1S/C14H22O/c1-3-5-6-7-8-9-10-12-14(13-15)11-4-2/h3-4,8-9,13-14H,1-2,5-7,10-12H2. The third-order valence-electron chi connectivity index (χ3n) is 2.31. The summed E-state index contributed by atoms with van der Waals surface area (Å²) in [7, 11) is 0. The molecule has 0 aromatic heterocycles. The van der Waals surface area contributed by atoms with E-state index >= 15 is 0 Å². The molecule has 1 unspecified atom stereocenters. The fourth-order valence-corrected chi connectivity index (χ4v) is 1.38. The molecule has 0 rings (SSSR count). The van der Waals surface area contributed by atoms with Crippen molar-refractivity contribution in [1.82, 2.24) is 0 Å². The van der Waals surface area contributed by atoms with Crippen LogP contribution in [0.1, 0.15) is 38.5 Å². The van der Waals surface area contributed by atoms with Crippen molar-refractivity contribution >= 4 is 6.29 Å². The van der Waals surface area contributed by atoms with Crippen molar-refractivity contribution in [1.29, 1.82) is 0 Å². The zero-order chi connectivity index (χ0) is 11.4. The molecule has 15 heavy (non-hydrogen) atoms. The third kappa shape index (κ3) is 9.20. The van der Waals surface area contributed by atoms with Gasteiger partial charge in [-0.15, -0.1) is 13.2 Å². The maximum absolute atomic E-state index is 10.6. The molecule has 1 heteroatoms. The first-order valence-corrected chi connectivity index (χ1v) is 5.67. The Hall–Kier alpha value is -1.11. The van der Waals surface area contributed by atoms with Gasteiger partial charge in [0.2, 0.25) is 0 Å². The second-order valence-electron chi connectivity index (χ2n) is 3.69. The highest BCUT2D eigenvalue weighted by molar-refractivity contribution is 5.53. The summed E-state index contributed by atoms with van der Waals surface area (Å²) < 4.78 is 0. The van der Waals surface area contributed by atoms with Crippen molar-refractivity contribution in [3.8, 4) is 0 Å². The van der Waals surface area contributed by atoms with Crippen molar-refractivity contribution < 1.29 is 4.79 Å². The monoisotopic (exact) mass is 206 g/mol. The van der Waals surface area contributed by atoms with Crippen molar-refractivity contribution in [2.45, 2.75) is 38.5 Å². The van der Waals surface area contributed by atoms with Crippen LogP contribution in [-0.4, -0.2) is 6.29 Å². The lowest BCUT2D eigenvalue weighted by atomic mass is 10.0. The molecule has 0 bridgehead atoms. The number of carbonyl (C=O) groups excluding carboxylic acids is 1. The van der Waals surface area contributed by atoms with Crippen LogP contribution in [0.25, 0.3) is 0 Å². The molecule has 0 heterocycles. The van der Waals surface area contributed by atoms with Gasteiger partial charge >= 0.3 is 0 Å². The molecule has 0 spiro atoms. The van der Waals surface area contributed by atoms with Gasteiger partial charge in [-0.1, -0.05) is 24.3 Å². The summed E-state index contributed by atoms with van der Waals surface area (Å²) in [5, 5.41) is 0. The average Bonchev–Trinajstić information content (AvgIpc) is 2.26. The molecule has 1 nitrogen and oxygen atoms in total. The Morgan fingerprint density at radius 2 is 1.73 bits per heavy atom. The van der Waals surface area contributed by atoms with Gasteiger partial charge in [0, 0.05) is 5.92 Å². The summed E-state index contributed by atoms with van der Waals surface area (Å²) in [5.41, 5.74) is 0. The van der Waals surface area contributed by atoms with E-state index in [0.29, 0.717) is 0 Å². The Morgan fingerprint density at radius 3 is 2.33 bits per heavy atom. The van der Waals surface area contributed by atoms with E-state index in [1.54, 1.807) is 0 Å². The minimum atomic E-state index is 0.153. The van der Waals surface area contributed by atoms with E-state index in [2.05, 4.69) is 25.3 Å². The highest BCUT2D eigenvalue weighted by Crippen LogP contribution is 2.09. The Kier molecular flexibility index (Phi) is 10.2. The van der Waals surface area contributed by atoms with Crippen LogP contribution in [0.3, 0.4) is 0 Å². The van der Waals surface area contributed by atoms with Gasteiger partial charge in [0.15, 0.2) is 0 Å². The summed E-state index contributed by atoms with van der Waals surface area (Å²) >= 11 is 0. The van der Waals surface area contributed by atoms with Crippen LogP contribution in [-0.2, 0) is 4.79 Å². The normalized spacial score (nSPS) is 12.5. The number of allylic oxidation sites excluding steroid dienone is 4. The van der Waals surface area contributed by atoms with Crippen molar-refractivity contribution in [2.24, 2.45) is 5.92 Å². The van der Waals surface area contributed by atoms with Gasteiger partial charge in [-0.05, 0) is 38.5 Å². The molecule has 0 N–H and O–H groups in total. The Labute approximate surface area is 93.6 Å². The quantitative estimate of drug-likeness (QED) is 0.299. The third-order valence-corrected chi connectivity index (χ3v) is 2.31. The molecule has 1 atom stereocenters. The Balaban J connectivity index is 3.45. The molecule has 0 amide bonds. The first kappa shape index (κ1) is 13.9. The van der Waals surface area contributed by atoms with Crippen molar-refractivity contribution in [3.05, 3.63) is 37.5 Å². The molecule has 0 saturated heterocycles. The van der Waals surface area contributed by atoms with Crippen LogP contribution in [0, 0.1) is 5.92 Å². The number of hydrogen-bond acceptors (Lipinski definition) is 1. The molecule has 0 aliphatic rings. The highest BCUT2D eigenvalue weighted by Gasteiger charge is 2.02. The summed E-state index contributed by atoms with van der Waals surface area (Å²) in [5.74, 6) is 0.153. The predicted molar refractivity (Wildman–Crippen MR) is 66.8 cm³/mol. The smallest absolute Gasteiger partial charge is 0.123 e. The van der Waals surface area contributed by atoms with E-state index in [-0.39, 0.29) is 5.92 Å². The van der Waals surface area contributed by atoms with E-state index in [9.17, 15) is 4.79 Å². The molecule has 0 aromatic rings. The van der Waals surface area contributed by atoms with E-state index < -0.39 is 0 Å². The van der Waals surface area contributed by atoms with Gasteiger partial charge in [0.1, 0.15) is 6.29 Å². The van der Waals surface area contributed by atoms with Gasteiger partial charge < -0.3 is 4.79 Å². The second kappa shape index (κ2) is 11.0. The second-order valence-corrected chi connectivity index (χ2v) is 3.69. The molecular formula is C14H22O. The van der Waals surface area contributed by atoms with Crippen LogP contribution >= 0.6 is 0 Å². The van der Waals surface area contributed by atoms with Gasteiger partial charge in [-0.25, -0.2) is 0 Å². The van der Waals surface area contributed by atoms with E-state index in [1.807, 2.05) is 12.2 Å². The fraction of sp³-hybridized carbons (Fsp3) is 0.500. The van der Waals surface area contributed by atoms with Crippen LogP contribution in [0.4, 0.5) is 0 Å². The number of carbonyl (C=O) groups is 1. The molecule has 0 fully saturated rings. The maximum atomic E-state index is 10.6. The summed E-state index contributed by atoms with van der Waals surface area (Å²) in [6.07, 6.45) is 15.2. The van der Waals surface area contributed by atoms with E-state index in [0.717, 1.165) is 38.4 Å². The molecule has 0 aliphatic heterocycles. The minimum absolute atomic E-state index is 0.153. The van der Waals surface area contributed by atoms with Gasteiger partial charge in [0.25, 0.3) is 0 Å².